The Bertz CT molecular complexity index is 228. The van der Waals surface area contributed by atoms with Crippen LogP contribution in [0.2, 0.25) is 0 Å². The summed E-state index contributed by atoms with van der Waals surface area (Å²) in [7, 11) is 1.37. The summed E-state index contributed by atoms with van der Waals surface area (Å²) in [6.07, 6.45) is 5.53. The van der Waals surface area contributed by atoms with Gasteiger partial charge in [-0.15, -0.1) is 0 Å². The fourth-order valence-electron chi connectivity index (χ4n) is 1.79. The molecular weight excluding hydrogens is 194 g/mol. The molecule has 0 amide bonds. The Morgan fingerprint density at radius 3 is 3.13 bits per heavy atom. The summed E-state index contributed by atoms with van der Waals surface area (Å²) in [6, 6.07) is 0. The van der Waals surface area contributed by atoms with E-state index in [1.54, 1.807) is 6.20 Å². The second kappa shape index (κ2) is 6.45. The SMILES string of the molecule is CCC1OCCC1CN/C=C/C(=O)OC. The molecule has 15 heavy (non-hydrogen) atoms. The molecule has 4 heteroatoms. The Morgan fingerprint density at radius 2 is 2.47 bits per heavy atom. The van der Waals surface area contributed by atoms with Crippen molar-refractivity contribution in [2.75, 3.05) is 20.3 Å². The molecule has 1 rings (SSSR count). The average molecular weight is 213 g/mol. The zero-order valence-electron chi connectivity index (χ0n) is 9.36. The smallest absolute Gasteiger partial charge is 0.331 e. The van der Waals surface area contributed by atoms with Gasteiger partial charge in [0, 0.05) is 31.3 Å². The highest BCUT2D eigenvalue weighted by Crippen LogP contribution is 2.22. The van der Waals surface area contributed by atoms with E-state index >= 15 is 0 Å². The van der Waals surface area contributed by atoms with Crippen LogP contribution in [-0.2, 0) is 14.3 Å². The van der Waals surface area contributed by atoms with E-state index in [-0.39, 0.29) is 5.97 Å². The number of hydrogen-bond acceptors (Lipinski definition) is 4. The van der Waals surface area contributed by atoms with Gasteiger partial charge in [-0.1, -0.05) is 6.92 Å². The second-order valence-corrected chi connectivity index (χ2v) is 3.63. The summed E-state index contributed by atoms with van der Waals surface area (Å²) < 4.78 is 10.0. The van der Waals surface area contributed by atoms with Crippen molar-refractivity contribution in [1.29, 1.82) is 0 Å². The van der Waals surface area contributed by atoms with E-state index < -0.39 is 0 Å². The number of carbonyl (C=O) groups excluding carboxylic acids is 1. The van der Waals surface area contributed by atoms with E-state index in [1.807, 2.05) is 0 Å². The molecule has 2 unspecified atom stereocenters. The molecule has 4 nitrogen and oxygen atoms in total. The number of nitrogens with one attached hydrogen (secondary N) is 1. The molecule has 86 valence electrons. The van der Waals surface area contributed by atoms with Gasteiger partial charge in [0.1, 0.15) is 0 Å². The van der Waals surface area contributed by atoms with Crippen molar-refractivity contribution in [3.05, 3.63) is 12.3 Å². The number of rotatable bonds is 5. The largest absolute Gasteiger partial charge is 0.466 e. The summed E-state index contributed by atoms with van der Waals surface area (Å²) >= 11 is 0. The first-order valence-corrected chi connectivity index (χ1v) is 5.37. The zero-order valence-corrected chi connectivity index (χ0v) is 9.36. The van der Waals surface area contributed by atoms with E-state index in [2.05, 4.69) is 17.0 Å². The van der Waals surface area contributed by atoms with Crippen molar-refractivity contribution in [1.82, 2.24) is 5.32 Å². The van der Waals surface area contributed by atoms with Gasteiger partial charge in [0.05, 0.1) is 13.2 Å². The molecule has 1 aliphatic rings. The lowest BCUT2D eigenvalue weighted by Crippen LogP contribution is -2.25. The van der Waals surface area contributed by atoms with Crippen LogP contribution in [0.3, 0.4) is 0 Å². The summed E-state index contributed by atoms with van der Waals surface area (Å²) in [5.74, 6) is 0.217. The highest BCUT2D eigenvalue weighted by Gasteiger charge is 2.25. The van der Waals surface area contributed by atoms with Gasteiger partial charge in [0.2, 0.25) is 0 Å². The fourth-order valence-corrected chi connectivity index (χ4v) is 1.79. The lowest BCUT2D eigenvalue weighted by Gasteiger charge is -2.16. The molecule has 0 aromatic rings. The fraction of sp³-hybridized carbons (Fsp3) is 0.727. The topological polar surface area (TPSA) is 47.6 Å². The van der Waals surface area contributed by atoms with Gasteiger partial charge in [-0.05, 0) is 12.8 Å². The van der Waals surface area contributed by atoms with Crippen LogP contribution >= 0.6 is 0 Å². The molecule has 1 saturated heterocycles. The molecule has 1 aliphatic heterocycles. The zero-order chi connectivity index (χ0) is 11.1. The van der Waals surface area contributed by atoms with Crippen molar-refractivity contribution < 1.29 is 14.3 Å². The molecule has 0 aromatic heterocycles. The predicted molar refractivity (Wildman–Crippen MR) is 57.3 cm³/mol. The molecule has 0 aromatic carbocycles. The third-order valence-corrected chi connectivity index (χ3v) is 2.67. The summed E-state index contributed by atoms with van der Waals surface area (Å²) in [5, 5.41) is 3.10. The van der Waals surface area contributed by atoms with Crippen LogP contribution in [0.5, 0.6) is 0 Å². The maximum absolute atomic E-state index is 10.8. The normalized spacial score (nSPS) is 25.7. The van der Waals surface area contributed by atoms with Gasteiger partial charge >= 0.3 is 5.97 Å². The highest BCUT2D eigenvalue weighted by molar-refractivity contribution is 5.81. The predicted octanol–water partition coefficient (Wildman–Crippen LogP) is 1.08. The summed E-state index contributed by atoms with van der Waals surface area (Å²) in [6.45, 7) is 3.84. The van der Waals surface area contributed by atoms with Gasteiger partial charge in [-0.25, -0.2) is 4.79 Å². The first-order valence-electron chi connectivity index (χ1n) is 5.37. The molecule has 1 fully saturated rings. The molecule has 1 N–H and O–H groups in total. The number of hydrogen-bond donors (Lipinski definition) is 1. The van der Waals surface area contributed by atoms with E-state index in [9.17, 15) is 4.79 Å². The van der Waals surface area contributed by atoms with Gasteiger partial charge in [-0.3, -0.25) is 0 Å². The second-order valence-electron chi connectivity index (χ2n) is 3.63. The van der Waals surface area contributed by atoms with Crippen LogP contribution in [0.15, 0.2) is 12.3 Å². The Labute approximate surface area is 90.6 Å². The van der Waals surface area contributed by atoms with Crippen molar-refractivity contribution in [3.63, 3.8) is 0 Å². The van der Waals surface area contributed by atoms with Crippen LogP contribution in [0.25, 0.3) is 0 Å². The van der Waals surface area contributed by atoms with Crippen molar-refractivity contribution in [3.8, 4) is 0 Å². The quantitative estimate of drug-likeness (QED) is 0.548. The van der Waals surface area contributed by atoms with Crippen LogP contribution in [0.4, 0.5) is 0 Å². The van der Waals surface area contributed by atoms with Crippen LogP contribution in [-0.4, -0.2) is 32.3 Å². The van der Waals surface area contributed by atoms with Crippen molar-refractivity contribution in [2.24, 2.45) is 5.92 Å². The van der Waals surface area contributed by atoms with E-state index in [1.165, 1.54) is 13.2 Å². The molecule has 1 heterocycles. The lowest BCUT2D eigenvalue weighted by molar-refractivity contribution is -0.134. The summed E-state index contributed by atoms with van der Waals surface area (Å²) in [5.41, 5.74) is 0. The van der Waals surface area contributed by atoms with E-state index in [0.717, 1.165) is 26.0 Å². The minimum absolute atomic E-state index is 0.336. The molecule has 0 spiro atoms. The Kier molecular flexibility index (Phi) is 5.18. The standard InChI is InChI=1S/C11H19NO3/c1-3-10-9(5-7-15-10)8-12-6-4-11(13)14-2/h4,6,9-10,12H,3,5,7-8H2,1-2H3/b6-4+. The molecule has 0 radical (unpaired) electrons. The first kappa shape index (κ1) is 12.0. The number of methoxy groups -OCH3 is 1. The Balaban J connectivity index is 2.19. The molecule has 0 aliphatic carbocycles. The Morgan fingerprint density at radius 1 is 1.67 bits per heavy atom. The number of carbonyl (C=O) groups is 1. The van der Waals surface area contributed by atoms with Gasteiger partial charge in [0.15, 0.2) is 0 Å². The van der Waals surface area contributed by atoms with E-state index in [0.29, 0.717) is 12.0 Å². The highest BCUT2D eigenvalue weighted by atomic mass is 16.5. The minimum Gasteiger partial charge on any atom is -0.466 e. The Hall–Kier alpha value is -1.03. The van der Waals surface area contributed by atoms with Crippen LogP contribution < -0.4 is 5.32 Å². The maximum Gasteiger partial charge on any atom is 0.331 e. The molecule has 0 saturated carbocycles. The van der Waals surface area contributed by atoms with Crippen molar-refractivity contribution in [2.45, 2.75) is 25.9 Å². The number of ether oxygens (including phenoxy) is 2. The monoisotopic (exact) mass is 213 g/mol. The van der Waals surface area contributed by atoms with Gasteiger partial charge in [-0.2, -0.15) is 0 Å². The third kappa shape index (κ3) is 3.91. The molecule has 0 bridgehead atoms. The third-order valence-electron chi connectivity index (χ3n) is 2.67. The average Bonchev–Trinajstić information content (AvgIpc) is 2.71. The van der Waals surface area contributed by atoms with Gasteiger partial charge < -0.3 is 14.8 Å². The van der Waals surface area contributed by atoms with Crippen LogP contribution in [0.1, 0.15) is 19.8 Å². The lowest BCUT2D eigenvalue weighted by atomic mass is 10.00. The first-order chi connectivity index (χ1) is 7.27. The number of esters is 1. The van der Waals surface area contributed by atoms with E-state index in [4.69, 9.17) is 4.74 Å². The van der Waals surface area contributed by atoms with Crippen molar-refractivity contribution >= 4 is 5.97 Å². The molecular formula is C11H19NO3. The van der Waals surface area contributed by atoms with Gasteiger partial charge in [0.25, 0.3) is 0 Å². The maximum atomic E-state index is 10.8. The minimum atomic E-state index is -0.336. The van der Waals surface area contributed by atoms with Crippen LogP contribution in [0, 0.1) is 5.92 Å². The molecule has 2 atom stereocenters. The summed E-state index contributed by atoms with van der Waals surface area (Å²) in [4.78, 5) is 10.8.